The summed E-state index contributed by atoms with van der Waals surface area (Å²) in [5.74, 6) is 0.429. The van der Waals surface area contributed by atoms with Crippen molar-refractivity contribution in [3.05, 3.63) is 30.0 Å². The zero-order chi connectivity index (χ0) is 23.5. The normalized spacial score (nSPS) is 12.2. The number of amides is 1. The summed E-state index contributed by atoms with van der Waals surface area (Å²) >= 11 is 1.30. The van der Waals surface area contributed by atoms with E-state index in [4.69, 9.17) is 4.52 Å². The number of aryl methyl sites for hydroxylation is 1. The van der Waals surface area contributed by atoms with Crippen LogP contribution in [0.1, 0.15) is 45.2 Å². The van der Waals surface area contributed by atoms with Crippen molar-refractivity contribution in [2.75, 3.05) is 25.2 Å². The van der Waals surface area contributed by atoms with Gasteiger partial charge in [0, 0.05) is 26.7 Å². The van der Waals surface area contributed by atoms with Crippen LogP contribution < -0.4 is 5.32 Å². The maximum absolute atomic E-state index is 12.5. The predicted octanol–water partition coefficient (Wildman–Crippen LogP) is 3.93. The predicted molar refractivity (Wildman–Crippen MR) is 125 cm³/mol. The number of fused-ring (bicyclic) bond motifs is 1. The zero-order valence-corrected chi connectivity index (χ0v) is 20.6. The third-order valence-corrected chi connectivity index (χ3v) is 7.70. The second kappa shape index (κ2) is 10.1. The molecule has 2 heterocycles. The van der Waals surface area contributed by atoms with Gasteiger partial charge in [0.2, 0.25) is 21.8 Å². The minimum atomic E-state index is -3.56. The Morgan fingerprint density at radius 3 is 2.66 bits per heavy atom. The number of imidazole rings is 1. The van der Waals surface area contributed by atoms with Crippen LogP contribution in [0.2, 0.25) is 0 Å². The summed E-state index contributed by atoms with van der Waals surface area (Å²) in [6.07, 6.45) is 1.94. The van der Waals surface area contributed by atoms with E-state index in [1.54, 1.807) is 24.3 Å². The van der Waals surface area contributed by atoms with E-state index in [0.717, 1.165) is 30.6 Å². The number of sulfonamides is 1. The number of nitrogens with one attached hydrogen (secondary N) is 1. The molecule has 0 fully saturated rings. The molecule has 1 aromatic carbocycles. The maximum Gasteiger partial charge on any atom is 0.242 e. The summed E-state index contributed by atoms with van der Waals surface area (Å²) in [4.78, 5) is 17.2. The van der Waals surface area contributed by atoms with Gasteiger partial charge in [0.1, 0.15) is 0 Å². The zero-order valence-electron chi connectivity index (χ0n) is 19.0. The molecule has 1 N–H and O–H groups in total. The van der Waals surface area contributed by atoms with Crippen molar-refractivity contribution in [1.29, 1.82) is 0 Å². The molecule has 0 aliphatic heterocycles. The number of hydrogen-bond donors (Lipinski definition) is 1. The third kappa shape index (κ3) is 5.33. The highest BCUT2D eigenvalue weighted by Crippen LogP contribution is 2.28. The molecule has 11 heteroatoms. The van der Waals surface area contributed by atoms with Crippen molar-refractivity contribution in [3.8, 4) is 0 Å². The molecule has 3 aromatic rings. The first-order valence-electron chi connectivity index (χ1n) is 10.5. The van der Waals surface area contributed by atoms with Crippen molar-refractivity contribution in [2.24, 2.45) is 0 Å². The van der Waals surface area contributed by atoms with E-state index in [0.29, 0.717) is 16.6 Å². The van der Waals surface area contributed by atoms with Gasteiger partial charge in [-0.05, 0) is 30.5 Å². The Balaban J connectivity index is 1.81. The first-order valence-corrected chi connectivity index (χ1v) is 12.9. The monoisotopic (exact) mass is 479 g/mol. The number of aromatic nitrogens is 3. The molecule has 32 heavy (non-hydrogen) atoms. The lowest BCUT2D eigenvalue weighted by molar-refractivity contribution is -0.113. The van der Waals surface area contributed by atoms with Crippen molar-refractivity contribution >= 4 is 44.6 Å². The molecular formula is C21H29N5O4S2. The van der Waals surface area contributed by atoms with Crippen molar-refractivity contribution in [3.63, 3.8) is 0 Å². The number of unbranched alkanes of at least 4 members (excludes halogenated alkanes) is 1. The van der Waals surface area contributed by atoms with Crippen LogP contribution in [0.25, 0.3) is 11.0 Å². The molecule has 0 aliphatic carbocycles. The Labute approximate surface area is 192 Å². The summed E-state index contributed by atoms with van der Waals surface area (Å²) in [6, 6.07) is 6.68. The van der Waals surface area contributed by atoms with Crippen LogP contribution in [0.5, 0.6) is 0 Å². The number of thioether (sulfide) groups is 1. The van der Waals surface area contributed by atoms with Gasteiger partial charge in [-0.1, -0.05) is 44.1 Å². The second-order valence-corrected chi connectivity index (χ2v) is 11.0. The van der Waals surface area contributed by atoms with Gasteiger partial charge in [0.25, 0.3) is 0 Å². The van der Waals surface area contributed by atoms with Crippen LogP contribution >= 0.6 is 11.8 Å². The van der Waals surface area contributed by atoms with Gasteiger partial charge < -0.3 is 9.09 Å². The van der Waals surface area contributed by atoms with E-state index in [-0.39, 0.29) is 22.5 Å². The molecule has 174 valence electrons. The topological polar surface area (TPSA) is 110 Å². The number of rotatable bonds is 10. The number of benzene rings is 1. The number of hydrogen-bond acceptors (Lipinski definition) is 7. The Morgan fingerprint density at radius 1 is 1.28 bits per heavy atom. The Bertz CT molecular complexity index is 1200. The smallest absolute Gasteiger partial charge is 0.242 e. The van der Waals surface area contributed by atoms with E-state index in [9.17, 15) is 13.2 Å². The van der Waals surface area contributed by atoms with Crippen LogP contribution in [0.15, 0.2) is 38.8 Å². The molecule has 9 nitrogen and oxygen atoms in total. The Kier molecular flexibility index (Phi) is 7.63. The molecule has 2 aromatic heterocycles. The van der Waals surface area contributed by atoms with Crippen molar-refractivity contribution in [1.82, 2.24) is 19.0 Å². The molecule has 0 saturated carbocycles. The van der Waals surface area contributed by atoms with E-state index in [1.807, 2.05) is 18.4 Å². The molecule has 0 aliphatic rings. The van der Waals surface area contributed by atoms with E-state index >= 15 is 0 Å². The molecule has 1 amide bonds. The lowest BCUT2D eigenvalue weighted by atomic mass is 10.1. The van der Waals surface area contributed by atoms with Gasteiger partial charge in [-0.25, -0.2) is 17.7 Å². The molecule has 0 atom stereocenters. The van der Waals surface area contributed by atoms with Gasteiger partial charge in [-0.2, -0.15) is 0 Å². The number of carbonyl (C=O) groups is 1. The van der Waals surface area contributed by atoms with Gasteiger partial charge >= 0.3 is 0 Å². The fraction of sp³-hybridized carbons (Fsp3) is 0.476. The van der Waals surface area contributed by atoms with Crippen molar-refractivity contribution in [2.45, 2.75) is 56.1 Å². The molecule has 0 spiro atoms. The molecule has 0 bridgehead atoms. The number of anilines is 1. The van der Waals surface area contributed by atoms with Gasteiger partial charge in [-0.3, -0.25) is 10.1 Å². The summed E-state index contributed by atoms with van der Waals surface area (Å²) in [6.45, 7) is 6.82. The maximum atomic E-state index is 12.5. The van der Waals surface area contributed by atoms with Crippen LogP contribution in [0, 0.1) is 0 Å². The minimum Gasteiger partial charge on any atom is -0.338 e. The fourth-order valence-corrected chi connectivity index (χ4v) is 4.79. The molecule has 0 unspecified atom stereocenters. The van der Waals surface area contributed by atoms with Crippen LogP contribution in [-0.4, -0.2) is 53.2 Å². The first kappa shape index (κ1) is 24.3. The summed E-state index contributed by atoms with van der Waals surface area (Å²) in [7, 11) is -0.561. The van der Waals surface area contributed by atoms with Crippen LogP contribution in [-0.2, 0) is 21.4 Å². The molecule has 0 radical (unpaired) electrons. The largest absolute Gasteiger partial charge is 0.338 e. The summed E-state index contributed by atoms with van der Waals surface area (Å²) < 4.78 is 33.4. The van der Waals surface area contributed by atoms with Crippen LogP contribution in [0.3, 0.4) is 0 Å². The van der Waals surface area contributed by atoms with Crippen molar-refractivity contribution < 1.29 is 17.7 Å². The number of nitrogens with zero attached hydrogens (tertiary/aromatic N) is 4. The van der Waals surface area contributed by atoms with Gasteiger partial charge in [0.15, 0.2) is 5.16 Å². The second-order valence-electron chi connectivity index (χ2n) is 7.95. The molecular weight excluding hydrogens is 450 g/mol. The quantitative estimate of drug-likeness (QED) is 0.439. The minimum absolute atomic E-state index is 0.135. The molecule has 3 rings (SSSR count). The average Bonchev–Trinajstić information content (AvgIpc) is 3.34. The van der Waals surface area contributed by atoms with Crippen LogP contribution in [0.4, 0.5) is 5.88 Å². The summed E-state index contributed by atoms with van der Waals surface area (Å²) in [5, 5.41) is 7.32. The number of carbonyl (C=O) groups excluding carboxylic acids is 1. The highest BCUT2D eigenvalue weighted by Gasteiger charge is 2.20. The van der Waals surface area contributed by atoms with Gasteiger partial charge in [0.05, 0.1) is 27.4 Å². The van der Waals surface area contributed by atoms with E-state index in [1.165, 1.54) is 30.2 Å². The molecule has 0 saturated heterocycles. The SMILES string of the molecule is CCCCn1c(SCC(=O)Nc2cc(C(C)C)no2)nc2cc(S(=O)(=O)N(C)C)ccc21. The Hall–Kier alpha value is -2.37. The highest BCUT2D eigenvalue weighted by molar-refractivity contribution is 7.99. The third-order valence-electron chi connectivity index (χ3n) is 4.91. The lowest BCUT2D eigenvalue weighted by Gasteiger charge is -2.11. The van der Waals surface area contributed by atoms with Gasteiger partial charge in [-0.15, -0.1) is 0 Å². The first-order chi connectivity index (χ1) is 15.1. The average molecular weight is 480 g/mol. The fourth-order valence-electron chi connectivity index (χ4n) is 3.02. The van der Waals surface area contributed by atoms with E-state index < -0.39 is 10.0 Å². The standard InChI is InChI=1S/C21H29N5O4S2/c1-6-7-10-26-18-9-8-15(32(28,29)25(4)5)11-17(18)22-21(26)31-13-19(27)23-20-12-16(14(2)3)24-30-20/h8-9,11-12,14H,6-7,10,13H2,1-5H3,(H,23,27). The lowest BCUT2D eigenvalue weighted by Crippen LogP contribution is -2.22. The Morgan fingerprint density at radius 2 is 2.03 bits per heavy atom. The highest BCUT2D eigenvalue weighted by atomic mass is 32.2. The summed E-state index contributed by atoms with van der Waals surface area (Å²) in [5.41, 5.74) is 2.21. The van der Waals surface area contributed by atoms with E-state index in [2.05, 4.69) is 22.4 Å².